The van der Waals surface area contributed by atoms with Gasteiger partial charge in [0, 0.05) is 29.0 Å². The summed E-state index contributed by atoms with van der Waals surface area (Å²) >= 11 is 6.21. The minimum absolute atomic E-state index is 0.109. The van der Waals surface area contributed by atoms with Crippen molar-refractivity contribution in [1.29, 1.82) is 0 Å². The smallest absolute Gasteiger partial charge is 0.200 e. The summed E-state index contributed by atoms with van der Waals surface area (Å²) in [6, 6.07) is 11.4. The highest BCUT2D eigenvalue weighted by Crippen LogP contribution is 2.27. The lowest BCUT2D eigenvalue weighted by Gasteiger charge is -2.35. The van der Waals surface area contributed by atoms with Crippen LogP contribution in [0.25, 0.3) is 16.7 Å². The molecular formula is C19H19ClN3O+. The van der Waals surface area contributed by atoms with Crippen molar-refractivity contribution in [2.75, 3.05) is 20.6 Å². The molecular weight excluding hydrogens is 322 g/mol. The maximum absolute atomic E-state index is 13.0. The zero-order valence-corrected chi connectivity index (χ0v) is 14.5. The van der Waals surface area contributed by atoms with Crippen LogP contribution in [0.2, 0.25) is 5.02 Å². The van der Waals surface area contributed by atoms with E-state index in [9.17, 15) is 4.79 Å². The number of benzene rings is 1. The molecule has 0 atom stereocenters. The van der Waals surface area contributed by atoms with Gasteiger partial charge >= 0.3 is 0 Å². The van der Waals surface area contributed by atoms with Gasteiger partial charge < -0.3 is 4.48 Å². The van der Waals surface area contributed by atoms with Crippen LogP contribution in [0, 0.1) is 0 Å². The Balaban J connectivity index is 2.13. The van der Waals surface area contributed by atoms with Gasteiger partial charge in [0.2, 0.25) is 0 Å². The van der Waals surface area contributed by atoms with Crippen molar-refractivity contribution in [1.82, 2.24) is 9.55 Å². The third-order valence-electron chi connectivity index (χ3n) is 4.74. The number of aromatic nitrogens is 2. The van der Waals surface area contributed by atoms with Gasteiger partial charge in [0.05, 0.1) is 31.6 Å². The van der Waals surface area contributed by atoms with Crippen LogP contribution in [0.1, 0.15) is 11.3 Å². The van der Waals surface area contributed by atoms with Crippen molar-refractivity contribution in [2.45, 2.75) is 13.0 Å². The maximum atomic E-state index is 13.0. The first-order valence-electron chi connectivity index (χ1n) is 8.06. The van der Waals surface area contributed by atoms with Gasteiger partial charge in [0.15, 0.2) is 5.43 Å². The minimum Gasteiger partial charge on any atom is -0.324 e. The van der Waals surface area contributed by atoms with E-state index in [2.05, 4.69) is 23.6 Å². The van der Waals surface area contributed by atoms with E-state index in [1.807, 2.05) is 36.4 Å². The quantitative estimate of drug-likeness (QED) is 0.638. The second-order valence-electron chi connectivity index (χ2n) is 7.01. The Bertz CT molecular complexity index is 1010. The van der Waals surface area contributed by atoms with Gasteiger partial charge in [-0.25, -0.2) is 4.98 Å². The molecule has 0 spiro atoms. The number of likely N-dealkylation sites (N-methyl/N-ethyl adjacent to an activating group) is 1. The van der Waals surface area contributed by atoms with Gasteiger partial charge in [-0.1, -0.05) is 17.7 Å². The largest absolute Gasteiger partial charge is 0.324 e. The summed E-state index contributed by atoms with van der Waals surface area (Å²) in [6.45, 7) is 1.73. The molecule has 0 N–H and O–H groups in total. The van der Waals surface area contributed by atoms with Gasteiger partial charge in [-0.3, -0.25) is 9.36 Å². The van der Waals surface area contributed by atoms with Crippen LogP contribution in [-0.4, -0.2) is 34.7 Å². The predicted octanol–water partition coefficient (Wildman–Crippen LogP) is 3.17. The molecule has 4 nitrogen and oxygen atoms in total. The zero-order valence-electron chi connectivity index (χ0n) is 13.8. The average Bonchev–Trinajstić information content (AvgIpc) is 2.55. The number of nitrogens with zero attached hydrogens (tertiary/aromatic N) is 3. The third kappa shape index (κ3) is 2.43. The molecule has 0 amide bonds. The minimum atomic E-state index is 0.109. The van der Waals surface area contributed by atoms with Crippen LogP contribution in [-0.2, 0) is 13.0 Å². The van der Waals surface area contributed by atoms with Gasteiger partial charge in [0.1, 0.15) is 12.2 Å². The Kier molecular flexibility index (Phi) is 3.48. The molecule has 0 saturated heterocycles. The first kappa shape index (κ1) is 15.4. The van der Waals surface area contributed by atoms with Crippen molar-refractivity contribution < 1.29 is 4.48 Å². The molecule has 0 radical (unpaired) electrons. The molecule has 122 valence electrons. The topological polar surface area (TPSA) is 34.9 Å². The highest BCUT2D eigenvalue weighted by Gasteiger charge is 2.30. The third-order valence-corrected chi connectivity index (χ3v) is 4.98. The number of halogens is 1. The Hall–Kier alpha value is -2.17. The summed E-state index contributed by atoms with van der Waals surface area (Å²) in [5.41, 5.74) is 3.72. The van der Waals surface area contributed by atoms with E-state index < -0.39 is 0 Å². The van der Waals surface area contributed by atoms with Crippen LogP contribution in [0.15, 0.2) is 47.4 Å². The summed E-state index contributed by atoms with van der Waals surface area (Å²) < 4.78 is 2.93. The first-order chi connectivity index (χ1) is 11.5. The first-order valence-corrected chi connectivity index (χ1v) is 8.43. The van der Waals surface area contributed by atoms with E-state index in [0.29, 0.717) is 16.1 Å². The summed E-state index contributed by atoms with van der Waals surface area (Å²) in [6.07, 6.45) is 2.58. The summed E-state index contributed by atoms with van der Waals surface area (Å²) in [5.74, 6) is 0. The van der Waals surface area contributed by atoms with Crippen LogP contribution < -0.4 is 5.43 Å². The molecule has 1 aliphatic rings. The fourth-order valence-corrected chi connectivity index (χ4v) is 3.73. The van der Waals surface area contributed by atoms with Crippen LogP contribution in [0.5, 0.6) is 0 Å². The SMILES string of the molecule is C[N+]1(C)CCc2c(c(=O)c3cccnc3n2-c2cccc(Cl)c2)C1. The van der Waals surface area contributed by atoms with Gasteiger partial charge in [0.25, 0.3) is 0 Å². The van der Waals surface area contributed by atoms with E-state index in [4.69, 9.17) is 11.6 Å². The van der Waals surface area contributed by atoms with Gasteiger partial charge in [-0.05, 0) is 30.3 Å². The summed E-state index contributed by atoms with van der Waals surface area (Å²) in [4.78, 5) is 17.5. The van der Waals surface area contributed by atoms with E-state index in [-0.39, 0.29) is 5.43 Å². The van der Waals surface area contributed by atoms with E-state index in [0.717, 1.165) is 40.9 Å². The molecule has 0 aliphatic carbocycles. The highest BCUT2D eigenvalue weighted by molar-refractivity contribution is 6.30. The molecule has 0 bridgehead atoms. The fraction of sp³-hybridized carbons (Fsp3) is 0.263. The van der Waals surface area contributed by atoms with Crippen molar-refractivity contribution in [3.63, 3.8) is 0 Å². The van der Waals surface area contributed by atoms with Crippen molar-refractivity contribution in [3.05, 3.63) is 69.1 Å². The molecule has 1 aliphatic heterocycles. The molecule has 0 saturated carbocycles. The average molecular weight is 341 g/mol. The molecule has 24 heavy (non-hydrogen) atoms. The molecule has 1 aromatic carbocycles. The van der Waals surface area contributed by atoms with Crippen molar-refractivity contribution >= 4 is 22.6 Å². The lowest BCUT2D eigenvalue weighted by molar-refractivity contribution is -0.905. The normalized spacial score (nSPS) is 16.1. The number of pyridine rings is 2. The lowest BCUT2D eigenvalue weighted by Crippen LogP contribution is -2.46. The molecule has 0 unspecified atom stereocenters. The maximum Gasteiger partial charge on any atom is 0.200 e. The predicted molar refractivity (Wildman–Crippen MR) is 96.7 cm³/mol. The van der Waals surface area contributed by atoms with Gasteiger partial charge in [-0.2, -0.15) is 0 Å². The molecule has 5 heteroatoms. The van der Waals surface area contributed by atoms with E-state index >= 15 is 0 Å². The second kappa shape index (κ2) is 5.43. The number of rotatable bonds is 1. The van der Waals surface area contributed by atoms with Crippen LogP contribution in [0.4, 0.5) is 0 Å². The van der Waals surface area contributed by atoms with Crippen LogP contribution in [0.3, 0.4) is 0 Å². The number of hydrogen-bond acceptors (Lipinski definition) is 2. The monoisotopic (exact) mass is 340 g/mol. The Labute approximate surface area is 145 Å². The zero-order chi connectivity index (χ0) is 16.9. The molecule has 4 rings (SSSR count). The molecule has 3 heterocycles. The highest BCUT2D eigenvalue weighted by atomic mass is 35.5. The van der Waals surface area contributed by atoms with Gasteiger partial charge in [-0.15, -0.1) is 0 Å². The Morgan fingerprint density at radius 3 is 2.83 bits per heavy atom. The number of fused-ring (bicyclic) bond motifs is 2. The lowest BCUT2D eigenvalue weighted by atomic mass is 10.0. The van der Waals surface area contributed by atoms with Crippen LogP contribution >= 0.6 is 11.6 Å². The van der Waals surface area contributed by atoms with E-state index in [1.165, 1.54) is 0 Å². The van der Waals surface area contributed by atoms with E-state index in [1.54, 1.807) is 6.20 Å². The summed E-state index contributed by atoms with van der Waals surface area (Å²) in [5, 5.41) is 1.34. The number of hydrogen-bond donors (Lipinski definition) is 0. The van der Waals surface area contributed by atoms with Crippen molar-refractivity contribution in [3.8, 4) is 5.69 Å². The number of quaternary nitrogens is 1. The summed E-state index contributed by atoms with van der Waals surface area (Å²) in [7, 11) is 4.33. The van der Waals surface area contributed by atoms with Crippen molar-refractivity contribution in [2.24, 2.45) is 0 Å². The Morgan fingerprint density at radius 1 is 1.21 bits per heavy atom. The fourth-order valence-electron chi connectivity index (χ4n) is 3.54. The second-order valence-corrected chi connectivity index (χ2v) is 7.45. The molecule has 3 aromatic rings. The molecule has 2 aromatic heterocycles. The molecule has 0 fully saturated rings. The Morgan fingerprint density at radius 2 is 2.04 bits per heavy atom. The standard InChI is InChI=1S/C19H19ClN3O/c1-23(2)10-8-17-16(12-23)18(24)15-7-4-9-21-19(15)22(17)14-6-3-5-13(20)11-14/h3-7,9,11H,8,10,12H2,1-2H3/q+1.